The van der Waals surface area contributed by atoms with Crippen LogP contribution in [0.5, 0.6) is 0 Å². The van der Waals surface area contributed by atoms with Crippen LogP contribution >= 0.6 is 0 Å². The molecule has 0 bridgehead atoms. The third-order valence-electron chi connectivity index (χ3n) is 3.93. The van der Waals surface area contributed by atoms with Gasteiger partial charge in [0, 0.05) is 25.2 Å². The maximum atomic E-state index is 3.40. The summed E-state index contributed by atoms with van der Waals surface area (Å²) in [4.78, 5) is 2.60. The minimum Gasteiger partial charge on any atom is -0.317 e. The molecule has 1 saturated heterocycles. The van der Waals surface area contributed by atoms with E-state index in [9.17, 15) is 0 Å². The van der Waals surface area contributed by atoms with Crippen LogP contribution in [0.3, 0.4) is 0 Å². The Morgan fingerprint density at radius 1 is 1.29 bits per heavy atom. The van der Waals surface area contributed by atoms with Gasteiger partial charge in [-0.2, -0.15) is 0 Å². The van der Waals surface area contributed by atoms with Gasteiger partial charge in [0.05, 0.1) is 0 Å². The van der Waals surface area contributed by atoms with Crippen LogP contribution in [0.1, 0.15) is 30.9 Å². The minimum atomic E-state index is 0.683. The van der Waals surface area contributed by atoms with Crippen molar-refractivity contribution < 1.29 is 0 Å². The van der Waals surface area contributed by atoms with Gasteiger partial charge in [-0.05, 0) is 39.3 Å². The molecule has 1 aliphatic heterocycles. The van der Waals surface area contributed by atoms with Gasteiger partial charge in [-0.15, -0.1) is 0 Å². The molecule has 0 amide bonds. The number of hydrogen-bond acceptors (Lipinski definition) is 2. The number of benzene rings is 1. The Morgan fingerprint density at radius 3 is 2.59 bits per heavy atom. The zero-order chi connectivity index (χ0) is 12.3. The number of nitrogens with one attached hydrogen (secondary N) is 1. The van der Waals surface area contributed by atoms with E-state index < -0.39 is 0 Å². The van der Waals surface area contributed by atoms with Gasteiger partial charge in [0.2, 0.25) is 0 Å². The molecule has 17 heavy (non-hydrogen) atoms. The molecule has 1 aliphatic rings. The average molecular weight is 232 g/mol. The van der Waals surface area contributed by atoms with Gasteiger partial charge in [-0.25, -0.2) is 0 Å². The number of aryl methyl sites for hydroxylation is 1. The summed E-state index contributed by atoms with van der Waals surface area (Å²) >= 11 is 0. The van der Waals surface area contributed by atoms with Crippen molar-refractivity contribution in [3.63, 3.8) is 0 Å². The number of nitrogens with zero attached hydrogens (tertiary/aromatic N) is 1. The summed E-state index contributed by atoms with van der Waals surface area (Å²) in [6.07, 6.45) is 2.54. The molecule has 0 aliphatic carbocycles. The first-order valence-electron chi connectivity index (χ1n) is 6.66. The van der Waals surface area contributed by atoms with E-state index in [1.54, 1.807) is 0 Å². The highest BCUT2D eigenvalue weighted by atomic mass is 15.2. The van der Waals surface area contributed by atoms with Gasteiger partial charge < -0.3 is 5.32 Å². The third-order valence-corrected chi connectivity index (χ3v) is 3.93. The van der Waals surface area contributed by atoms with Crippen LogP contribution in [0, 0.1) is 6.92 Å². The smallest absolute Gasteiger partial charge is 0.0236 e. The second-order valence-corrected chi connectivity index (χ2v) is 5.32. The molecular formula is C15H24N2. The molecule has 0 aromatic heterocycles. The predicted molar refractivity (Wildman–Crippen MR) is 73.1 cm³/mol. The molecule has 0 spiro atoms. The van der Waals surface area contributed by atoms with Gasteiger partial charge in [0.25, 0.3) is 0 Å². The van der Waals surface area contributed by atoms with E-state index in [4.69, 9.17) is 0 Å². The van der Waals surface area contributed by atoms with E-state index in [0.717, 1.165) is 6.54 Å². The van der Waals surface area contributed by atoms with Crippen molar-refractivity contribution in [3.05, 3.63) is 35.4 Å². The van der Waals surface area contributed by atoms with Crippen LogP contribution in [0.4, 0.5) is 0 Å². The Kier molecular flexibility index (Phi) is 4.19. The molecule has 94 valence electrons. The highest BCUT2D eigenvalue weighted by Crippen LogP contribution is 2.19. The van der Waals surface area contributed by atoms with Crippen LogP contribution in [-0.2, 0) is 6.54 Å². The summed E-state index contributed by atoms with van der Waals surface area (Å²) in [5, 5.41) is 3.40. The third kappa shape index (κ3) is 3.30. The fourth-order valence-corrected chi connectivity index (χ4v) is 2.65. The van der Waals surface area contributed by atoms with Crippen LogP contribution in [0.25, 0.3) is 0 Å². The monoisotopic (exact) mass is 232 g/mol. The van der Waals surface area contributed by atoms with E-state index in [0.29, 0.717) is 12.1 Å². The van der Waals surface area contributed by atoms with E-state index in [1.807, 2.05) is 0 Å². The zero-order valence-electron chi connectivity index (χ0n) is 11.2. The minimum absolute atomic E-state index is 0.683. The Bertz CT molecular complexity index is 344. The molecule has 0 radical (unpaired) electrons. The first kappa shape index (κ1) is 12.6. The molecule has 1 aromatic rings. The maximum Gasteiger partial charge on any atom is 0.0236 e. The van der Waals surface area contributed by atoms with Crippen molar-refractivity contribution in [2.75, 3.05) is 13.6 Å². The normalized spacial score (nSPS) is 26.1. The van der Waals surface area contributed by atoms with Crippen LogP contribution in [0.2, 0.25) is 0 Å². The zero-order valence-corrected chi connectivity index (χ0v) is 11.2. The quantitative estimate of drug-likeness (QED) is 0.861. The lowest BCUT2D eigenvalue weighted by Gasteiger charge is -2.37. The fraction of sp³-hybridized carbons (Fsp3) is 0.600. The first-order valence-corrected chi connectivity index (χ1v) is 6.66. The molecular weight excluding hydrogens is 208 g/mol. The van der Waals surface area contributed by atoms with Crippen molar-refractivity contribution in [1.29, 1.82) is 0 Å². The SMILES string of the molecule is CNC1CCN(Cc2ccc(C)cc2)C(C)C1. The highest BCUT2D eigenvalue weighted by molar-refractivity contribution is 5.21. The second-order valence-electron chi connectivity index (χ2n) is 5.32. The van der Waals surface area contributed by atoms with Crippen molar-refractivity contribution in [2.45, 2.75) is 45.3 Å². The lowest BCUT2D eigenvalue weighted by atomic mass is 9.97. The van der Waals surface area contributed by atoms with E-state index in [1.165, 1.54) is 30.5 Å². The summed E-state index contributed by atoms with van der Waals surface area (Å²) in [7, 11) is 2.08. The largest absolute Gasteiger partial charge is 0.317 e. The fourth-order valence-electron chi connectivity index (χ4n) is 2.65. The molecule has 1 N–H and O–H groups in total. The summed E-state index contributed by atoms with van der Waals surface area (Å²) in [6, 6.07) is 10.3. The Labute approximate surface area is 105 Å². The lowest BCUT2D eigenvalue weighted by molar-refractivity contribution is 0.131. The summed E-state index contributed by atoms with van der Waals surface area (Å²) < 4.78 is 0. The van der Waals surface area contributed by atoms with Gasteiger partial charge >= 0.3 is 0 Å². The number of rotatable bonds is 3. The van der Waals surface area contributed by atoms with Crippen LogP contribution < -0.4 is 5.32 Å². The van der Waals surface area contributed by atoms with Crippen molar-refractivity contribution in [2.24, 2.45) is 0 Å². The van der Waals surface area contributed by atoms with Crippen molar-refractivity contribution in [3.8, 4) is 0 Å². The second kappa shape index (κ2) is 5.65. The van der Waals surface area contributed by atoms with Crippen molar-refractivity contribution >= 4 is 0 Å². The molecule has 1 heterocycles. The van der Waals surface area contributed by atoms with Gasteiger partial charge in [0.15, 0.2) is 0 Å². The molecule has 1 aromatic carbocycles. The molecule has 2 nitrogen and oxygen atoms in total. The Morgan fingerprint density at radius 2 is 2.00 bits per heavy atom. The molecule has 1 fully saturated rings. The number of hydrogen-bond donors (Lipinski definition) is 1. The van der Waals surface area contributed by atoms with Gasteiger partial charge in [-0.3, -0.25) is 4.90 Å². The van der Waals surface area contributed by atoms with E-state index in [-0.39, 0.29) is 0 Å². The highest BCUT2D eigenvalue weighted by Gasteiger charge is 2.24. The first-order chi connectivity index (χ1) is 8.19. The molecule has 2 rings (SSSR count). The molecule has 2 atom stereocenters. The summed E-state index contributed by atoms with van der Waals surface area (Å²) in [5.74, 6) is 0. The Hall–Kier alpha value is -0.860. The Balaban J connectivity index is 1.93. The number of likely N-dealkylation sites (tertiary alicyclic amines) is 1. The predicted octanol–water partition coefficient (Wildman–Crippen LogP) is 2.57. The van der Waals surface area contributed by atoms with Gasteiger partial charge in [-0.1, -0.05) is 29.8 Å². The van der Waals surface area contributed by atoms with E-state index in [2.05, 4.69) is 55.4 Å². The summed E-state index contributed by atoms with van der Waals surface area (Å²) in [6.45, 7) is 6.79. The molecule has 2 unspecified atom stereocenters. The molecule has 0 saturated carbocycles. The van der Waals surface area contributed by atoms with Crippen molar-refractivity contribution in [1.82, 2.24) is 10.2 Å². The topological polar surface area (TPSA) is 15.3 Å². The lowest BCUT2D eigenvalue weighted by Crippen LogP contribution is -2.46. The average Bonchev–Trinajstić information content (AvgIpc) is 2.34. The van der Waals surface area contributed by atoms with E-state index >= 15 is 0 Å². The maximum absolute atomic E-state index is 3.40. The van der Waals surface area contributed by atoms with Crippen LogP contribution in [-0.4, -0.2) is 30.6 Å². The molecule has 2 heteroatoms. The number of piperidine rings is 1. The van der Waals surface area contributed by atoms with Crippen LogP contribution in [0.15, 0.2) is 24.3 Å². The standard InChI is InChI=1S/C15H24N2/c1-12-4-6-14(7-5-12)11-17-9-8-15(16-3)10-13(17)2/h4-7,13,15-16H,8-11H2,1-3H3. The van der Waals surface area contributed by atoms with Gasteiger partial charge in [0.1, 0.15) is 0 Å². The summed E-state index contributed by atoms with van der Waals surface area (Å²) in [5.41, 5.74) is 2.78.